The van der Waals surface area contributed by atoms with Crippen LogP contribution in [0.4, 0.5) is 4.39 Å². The molecule has 3 N–H and O–H groups in total. The van der Waals surface area contributed by atoms with Gasteiger partial charge in [-0.05, 0) is 20.0 Å². The van der Waals surface area contributed by atoms with E-state index in [1.165, 1.54) is 12.1 Å². The van der Waals surface area contributed by atoms with Crippen molar-refractivity contribution >= 4 is 5.91 Å². The Morgan fingerprint density at radius 2 is 2.25 bits per heavy atom. The van der Waals surface area contributed by atoms with Gasteiger partial charge in [-0.3, -0.25) is 9.69 Å². The van der Waals surface area contributed by atoms with Crippen molar-refractivity contribution in [3.05, 3.63) is 29.6 Å². The largest absolute Gasteiger partial charge is 0.508 e. The Hall–Kier alpha value is -1.62. The Morgan fingerprint density at radius 1 is 1.62 bits per heavy atom. The van der Waals surface area contributed by atoms with Gasteiger partial charge in [0.2, 0.25) is 5.91 Å². The van der Waals surface area contributed by atoms with Gasteiger partial charge in [0.05, 0.1) is 6.54 Å². The number of primary amides is 1. The second kappa shape index (κ2) is 4.94. The quantitative estimate of drug-likeness (QED) is 0.805. The Morgan fingerprint density at radius 3 is 2.75 bits per heavy atom. The molecule has 0 aliphatic carbocycles. The summed E-state index contributed by atoms with van der Waals surface area (Å²) < 4.78 is 13.5. The van der Waals surface area contributed by atoms with E-state index in [4.69, 9.17) is 10.8 Å². The number of carbonyl (C=O) groups is 1. The Balaban J connectivity index is 2.87. The van der Waals surface area contributed by atoms with Crippen molar-refractivity contribution in [1.29, 1.82) is 0 Å². The molecular formula is C11H15FN2O2. The van der Waals surface area contributed by atoms with Gasteiger partial charge in [0, 0.05) is 17.7 Å². The van der Waals surface area contributed by atoms with Crippen molar-refractivity contribution in [2.75, 3.05) is 13.6 Å². The minimum Gasteiger partial charge on any atom is -0.508 e. The average Bonchev–Trinajstić information content (AvgIpc) is 2.15. The fourth-order valence-electron chi connectivity index (χ4n) is 1.48. The first-order chi connectivity index (χ1) is 7.41. The fourth-order valence-corrected chi connectivity index (χ4v) is 1.48. The molecule has 0 saturated carbocycles. The minimum absolute atomic E-state index is 0.0570. The number of benzene rings is 1. The summed E-state index contributed by atoms with van der Waals surface area (Å²) in [6.07, 6.45) is 0. The van der Waals surface area contributed by atoms with E-state index in [2.05, 4.69) is 0 Å². The van der Waals surface area contributed by atoms with Gasteiger partial charge in [-0.25, -0.2) is 4.39 Å². The first-order valence-electron chi connectivity index (χ1n) is 4.88. The van der Waals surface area contributed by atoms with Crippen molar-refractivity contribution in [1.82, 2.24) is 4.90 Å². The predicted molar refractivity (Wildman–Crippen MR) is 58.3 cm³/mol. The molecule has 16 heavy (non-hydrogen) atoms. The van der Waals surface area contributed by atoms with Gasteiger partial charge in [-0.1, -0.05) is 6.07 Å². The zero-order chi connectivity index (χ0) is 12.3. The second-order valence-corrected chi connectivity index (χ2v) is 3.76. The van der Waals surface area contributed by atoms with Crippen molar-refractivity contribution in [2.24, 2.45) is 5.73 Å². The summed E-state index contributed by atoms with van der Waals surface area (Å²) in [6.45, 7) is 1.82. The van der Waals surface area contributed by atoms with Crippen LogP contribution in [0.2, 0.25) is 0 Å². The van der Waals surface area contributed by atoms with Gasteiger partial charge in [-0.2, -0.15) is 0 Å². The maximum Gasteiger partial charge on any atom is 0.231 e. The summed E-state index contributed by atoms with van der Waals surface area (Å²) in [6, 6.07) is 3.66. The molecule has 0 radical (unpaired) electrons. The topological polar surface area (TPSA) is 66.6 Å². The van der Waals surface area contributed by atoms with E-state index in [1.807, 2.05) is 0 Å². The number of nitrogens with zero attached hydrogens (tertiary/aromatic N) is 1. The van der Waals surface area contributed by atoms with Gasteiger partial charge in [-0.15, -0.1) is 0 Å². The number of phenols is 1. The summed E-state index contributed by atoms with van der Waals surface area (Å²) in [5, 5.41) is 9.08. The van der Waals surface area contributed by atoms with Crippen LogP contribution >= 0.6 is 0 Å². The van der Waals surface area contributed by atoms with Crippen LogP contribution in [0.15, 0.2) is 18.2 Å². The van der Waals surface area contributed by atoms with Crippen LogP contribution in [-0.4, -0.2) is 29.5 Å². The molecule has 1 atom stereocenters. The maximum atomic E-state index is 13.5. The lowest BCUT2D eigenvalue weighted by Crippen LogP contribution is -2.32. The van der Waals surface area contributed by atoms with Crippen LogP contribution in [0, 0.1) is 5.82 Å². The first kappa shape index (κ1) is 12.4. The van der Waals surface area contributed by atoms with Crippen LogP contribution in [-0.2, 0) is 4.79 Å². The molecule has 1 amide bonds. The molecule has 88 valence electrons. The molecule has 0 bridgehead atoms. The van der Waals surface area contributed by atoms with Gasteiger partial charge in [0.25, 0.3) is 0 Å². The van der Waals surface area contributed by atoms with Crippen molar-refractivity contribution in [3.8, 4) is 5.75 Å². The SMILES string of the molecule is CC(c1ccc(O)cc1F)N(C)CC(N)=O. The summed E-state index contributed by atoms with van der Waals surface area (Å²) in [5.74, 6) is -1.08. The Kier molecular flexibility index (Phi) is 3.84. The normalized spacial score (nSPS) is 12.8. The van der Waals surface area contributed by atoms with Gasteiger partial charge in [0.1, 0.15) is 11.6 Å². The third-order valence-electron chi connectivity index (χ3n) is 2.50. The molecule has 1 unspecified atom stereocenters. The molecule has 0 aliphatic heterocycles. The molecule has 1 rings (SSSR count). The third-order valence-corrected chi connectivity index (χ3v) is 2.50. The van der Waals surface area contributed by atoms with Crippen molar-refractivity contribution in [3.63, 3.8) is 0 Å². The number of nitrogens with two attached hydrogens (primary N) is 1. The highest BCUT2D eigenvalue weighted by Gasteiger charge is 2.17. The summed E-state index contributed by atoms with van der Waals surface area (Å²) >= 11 is 0. The number of amides is 1. The number of hydrogen-bond donors (Lipinski definition) is 2. The number of aromatic hydroxyl groups is 1. The smallest absolute Gasteiger partial charge is 0.231 e. The standard InChI is InChI=1S/C11H15FN2O2/c1-7(14(2)6-11(13)16)9-4-3-8(15)5-10(9)12/h3-5,7,15H,6H2,1-2H3,(H2,13,16). The molecule has 0 saturated heterocycles. The third kappa shape index (κ3) is 2.93. The van der Waals surface area contributed by atoms with Crippen LogP contribution in [0.25, 0.3) is 0 Å². The molecule has 0 heterocycles. The average molecular weight is 226 g/mol. The number of likely N-dealkylation sites (N-methyl/N-ethyl adjacent to an activating group) is 1. The minimum atomic E-state index is -0.496. The lowest BCUT2D eigenvalue weighted by Gasteiger charge is -2.23. The Bertz CT molecular complexity index is 396. The predicted octanol–water partition coefficient (Wildman–Crippen LogP) is 1.01. The van der Waals surface area contributed by atoms with E-state index in [0.29, 0.717) is 5.56 Å². The van der Waals surface area contributed by atoms with Crippen LogP contribution in [0.1, 0.15) is 18.5 Å². The van der Waals surface area contributed by atoms with E-state index < -0.39 is 11.7 Å². The first-order valence-corrected chi connectivity index (χ1v) is 4.88. The molecular weight excluding hydrogens is 211 g/mol. The highest BCUT2D eigenvalue weighted by Crippen LogP contribution is 2.24. The van der Waals surface area contributed by atoms with E-state index in [0.717, 1.165) is 6.07 Å². The van der Waals surface area contributed by atoms with E-state index in [1.54, 1.807) is 18.9 Å². The molecule has 0 fully saturated rings. The molecule has 1 aromatic carbocycles. The Labute approximate surface area is 93.5 Å². The monoisotopic (exact) mass is 226 g/mol. The highest BCUT2D eigenvalue weighted by atomic mass is 19.1. The number of hydrogen-bond acceptors (Lipinski definition) is 3. The highest BCUT2D eigenvalue weighted by molar-refractivity contribution is 5.75. The molecule has 4 nitrogen and oxygen atoms in total. The summed E-state index contributed by atoms with van der Waals surface area (Å²) in [7, 11) is 1.68. The molecule has 0 aromatic heterocycles. The van der Waals surface area contributed by atoms with Crippen molar-refractivity contribution in [2.45, 2.75) is 13.0 Å². The lowest BCUT2D eigenvalue weighted by atomic mass is 10.1. The van der Waals surface area contributed by atoms with Gasteiger partial charge < -0.3 is 10.8 Å². The van der Waals surface area contributed by atoms with Crippen LogP contribution < -0.4 is 5.73 Å². The van der Waals surface area contributed by atoms with E-state index >= 15 is 0 Å². The van der Waals surface area contributed by atoms with E-state index in [9.17, 15) is 9.18 Å². The van der Waals surface area contributed by atoms with Crippen molar-refractivity contribution < 1.29 is 14.3 Å². The molecule has 0 aliphatic rings. The maximum absolute atomic E-state index is 13.5. The fraction of sp³-hybridized carbons (Fsp3) is 0.364. The van der Waals surface area contributed by atoms with Gasteiger partial charge in [0.15, 0.2) is 0 Å². The number of halogens is 1. The summed E-state index contributed by atoms with van der Waals surface area (Å²) in [4.78, 5) is 12.4. The molecule has 5 heteroatoms. The zero-order valence-corrected chi connectivity index (χ0v) is 9.27. The molecule has 1 aromatic rings. The van der Waals surface area contributed by atoms with Gasteiger partial charge >= 0.3 is 0 Å². The lowest BCUT2D eigenvalue weighted by molar-refractivity contribution is -0.119. The zero-order valence-electron chi connectivity index (χ0n) is 9.27. The van der Waals surface area contributed by atoms with E-state index in [-0.39, 0.29) is 18.3 Å². The molecule has 0 spiro atoms. The number of carbonyl (C=O) groups excluding carboxylic acids is 1. The van der Waals surface area contributed by atoms with Crippen LogP contribution in [0.3, 0.4) is 0 Å². The second-order valence-electron chi connectivity index (χ2n) is 3.76. The number of rotatable bonds is 4. The van der Waals surface area contributed by atoms with Crippen LogP contribution in [0.5, 0.6) is 5.75 Å². The number of phenolic OH excluding ortho intramolecular Hbond substituents is 1. The summed E-state index contributed by atoms with van der Waals surface area (Å²) in [5.41, 5.74) is 5.48.